The van der Waals surface area contributed by atoms with Gasteiger partial charge in [-0.05, 0) is 19.2 Å². The van der Waals surface area contributed by atoms with Crippen LogP contribution in [0.15, 0.2) is 18.2 Å². The third-order valence-corrected chi connectivity index (χ3v) is 3.64. The summed E-state index contributed by atoms with van der Waals surface area (Å²) in [6, 6.07) is 4.50. The first kappa shape index (κ1) is 15.7. The summed E-state index contributed by atoms with van der Waals surface area (Å²) < 4.78 is 13.7. The Morgan fingerprint density at radius 3 is 2.95 bits per heavy atom. The van der Waals surface area contributed by atoms with E-state index in [1.54, 1.807) is 24.1 Å². The summed E-state index contributed by atoms with van der Waals surface area (Å²) in [7, 11) is 1.71. The fraction of sp³-hybridized carbons (Fsp3) is 0.429. The Bertz CT molecular complexity index is 533. The highest BCUT2D eigenvalue weighted by Crippen LogP contribution is 2.20. The lowest BCUT2D eigenvalue weighted by Crippen LogP contribution is -2.52. The van der Waals surface area contributed by atoms with Gasteiger partial charge in [0.1, 0.15) is 5.82 Å². The van der Waals surface area contributed by atoms with Crippen molar-refractivity contribution < 1.29 is 14.0 Å². The molecule has 21 heavy (non-hydrogen) atoms. The summed E-state index contributed by atoms with van der Waals surface area (Å²) in [5.41, 5.74) is 0.367. The van der Waals surface area contributed by atoms with Crippen LogP contribution in [-0.2, 0) is 16.1 Å². The van der Waals surface area contributed by atoms with Crippen molar-refractivity contribution in [2.45, 2.75) is 6.54 Å². The highest BCUT2D eigenvalue weighted by Gasteiger charge is 2.22. The summed E-state index contributed by atoms with van der Waals surface area (Å²) in [5, 5.41) is 3.00. The molecule has 0 aromatic heterocycles. The molecule has 1 aromatic carbocycles. The van der Waals surface area contributed by atoms with Gasteiger partial charge in [0.15, 0.2) is 0 Å². The molecule has 0 unspecified atom stereocenters. The first-order valence-corrected chi connectivity index (χ1v) is 7.01. The molecule has 5 nitrogen and oxygen atoms in total. The molecule has 1 aliphatic heterocycles. The molecule has 114 valence electrons. The third kappa shape index (κ3) is 4.15. The van der Waals surface area contributed by atoms with E-state index in [-0.39, 0.29) is 37.3 Å². The van der Waals surface area contributed by atoms with E-state index in [0.29, 0.717) is 23.7 Å². The first-order valence-electron chi connectivity index (χ1n) is 6.63. The molecule has 0 saturated carbocycles. The number of hydrogen-bond donors (Lipinski definition) is 1. The molecule has 0 radical (unpaired) electrons. The molecule has 1 saturated heterocycles. The summed E-state index contributed by atoms with van der Waals surface area (Å²) in [5.74, 6) is -0.701. The highest BCUT2D eigenvalue weighted by atomic mass is 35.5. The number of rotatable bonds is 4. The fourth-order valence-corrected chi connectivity index (χ4v) is 2.41. The van der Waals surface area contributed by atoms with Crippen LogP contribution < -0.4 is 5.32 Å². The number of piperazine rings is 1. The Balaban J connectivity index is 1.93. The molecule has 1 aromatic rings. The van der Waals surface area contributed by atoms with Gasteiger partial charge >= 0.3 is 0 Å². The Kier molecular flexibility index (Phi) is 5.14. The molecule has 0 spiro atoms. The van der Waals surface area contributed by atoms with Crippen LogP contribution in [0, 0.1) is 5.82 Å². The molecular formula is C14H17ClFN3O2. The summed E-state index contributed by atoms with van der Waals surface area (Å²) in [6.07, 6.45) is 0. The molecular weight excluding hydrogens is 297 g/mol. The van der Waals surface area contributed by atoms with E-state index in [0.717, 1.165) is 0 Å². The van der Waals surface area contributed by atoms with Crippen LogP contribution in [0.25, 0.3) is 0 Å². The molecule has 0 aliphatic carbocycles. The summed E-state index contributed by atoms with van der Waals surface area (Å²) in [4.78, 5) is 26.5. The van der Waals surface area contributed by atoms with Gasteiger partial charge in [-0.1, -0.05) is 17.7 Å². The Morgan fingerprint density at radius 1 is 1.52 bits per heavy atom. The van der Waals surface area contributed by atoms with Crippen molar-refractivity contribution in [1.29, 1.82) is 0 Å². The third-order valence-electron chi connectivity index (χ3n) is 3.29. The maximum Gasteiger partial charge on any atom is 0.239 e. The number of carbonyl (C=O) groups is 2. The van der Waals surface area contributed by atoms with Gasteiger partial charge in [0, 0.05) is 30.2 Å². The lowest BCUT2D eigenvalue weighted by atomic mass is 10.2. The van der Waals surface area contributed by atoms with E-state index in [1.807, 2.05) is 0 Å². The van der Waals surface area contributed by atoms with Crippen LogP contribution in [0.3, 0.4) is 0 Å². The highest BCUT2D eigenvalue weighted by molar-refractivity contribution is 6.31. The van der Waals surface area contributed by atoms with Crippen molar-refractivity contribution in [3.8, 4) is 0 Å². The maximum absolute atomic E-state index is 13.7. The number of benzene rings is 1. The Hall–Kier alpha value is -1.66. The van der Waals surface area contributed by atoms with Crippen molar-refractivity contribution in [2.75, 3.05) is 33.2 Å². The summed E-state index contributed by atoms with van der Waals surface area (Å²) in [6.45, 7) is 1.38. The molecule has 2 rings (SSSR count). The second kappa shape index (κ2) is 6.87. The molecule has 1 heterocycles. The molecule has 2 amide bonds. The standard InChI is InChI=1S/C14H17ClFN3O2/c1-18(7-10-11(15)3-2-4-12(10)16)9-14(21)19-6-5-17-13(20)8-19/h2-4H,5-9H2,1H3,(H,17,20). The minimum Gasteiger partial charge on any atom is -0.353 e. The normalized spacial score (nSPS) is 15.2. The van der Waals surface area contributed by atoms with Gasteiger partial charge in [0.05, 0.1) is 13.1 Å². The van der Waals surface area contributed by atoms with Gasteiger partial charge in [0.2, 0.25) is 11.8 Å². The van der Waals surface area contributed by atoms with Gasteiger partial charge in [-0.2, -0.15) is 0 Å². The zero-order valence-electron chi connectivity index (χ0n) is 11.7. The zero-order valence-corrected chi connectivity index (χ0v) is 12.5. The molecule has 1 fully saturated rings. The molecule has 1 aliphatic rings. The van der Waals surface area contributed by atoms with E-state index >= 15 is 0 Å². The predicted octanol–water partition coefficient (Wildman–Crippen LogP) is 0.869. The monoisotopic (exact) mass is 313 g/mol. The number of carbonyl (C=O) groups excluding carboxylic acids is 2. The van der Waals surface area contributed by atoms with Crippen LogP contribution in [0.1, 0.15) is 5.56 Å². The van der Waals surface area contributed by atoms with E-state index < -0.39 is 0 Å². The van der Waals surface area contributed by atoms with Gasteiger partial charge < -0.3 is 10.2 Å². The molecule has 7 heteroatoms. The SMILES string of the molecule is CN(CC(=O)N1CCNC(=O)C1)Cc1c(F)cccc1Cl. The number of amides is 2. The van der Waals surface area contributed by atoms with E-state index in [9.17, 15) is 14.0 Å². The second-order valence-corrected chi connectivity index (χ2v) is 5.44. The number of nitrogens with zero attached hydrogens (tertiary/aromatic N) is 2. The van der Waals surface area contributed by atoms with Gasteiger partial charge in [-0.15, -0.1) is 0 Å². The Morgan fingerprint density at radius 2 is 2.29 bits per heavy atom. The topological polar surface area (TPSA) is 52.7 Å². The first-order chi connectivity index (χ1) is 9.97. The molecule has 0 bridgehead atoms. The van der Waals surface area contributed by atoms with Gasteiger partial charge in [-0.3, -0.25) is 14.5 Å². The zero-order chi connectivity index (χ0) is 15.4. The largest absolute Gasteiger partial charge is 0.353 e. The smallest absolute Gasteiger partial charge is 0.239 e. The predicted molar refractivity (Wildman–Crippen MR) is 77.3 cm³/mol. The number of halogens is 2. The van der Waals surface area contributed by atoms with E-state index in [2.05, 4.69) is 5.32 Å². The van der Waals surface area contributed by atoms with Crippen molar-refractivity contribution in [1.82, 2.24) is 15.1 Å². The lowest BCUT2D eigenvalue weighted by molar-refractivity contribution is -0.138. The second-order valence-electron chi connectivity index (χ2n) is 5.04. The van der Waals surface area contributed by atoms with Crippen molar-refractivity contribution >= 4 is 23.4 Å². The molecule has 0 atom stereocenters. The van der Waals surface area contributed by atoms with Crippen molar-refractivity contribution in [3.05, 3.63) is 34.6 Å². The number of likely N-dealkylation sites (N-methyl/N-ethyl adjacent to an activating group) is 1. The Labute approximate surface area is 127 Å². The van der Waals surface area contributed by atoms with Gasteiger partial charge in [-0.25, -0.2) is 4.39 Å². The van der Waals surface area contributed by atoms with Crippen molar-refractivity contribution in [3.63, 3.8) is 0 Å². The minimum atomic E-state index is -0.390. The van der Waals surface area contributed by atoms with Crippen LogP contribution in [0.5, 0.6) is 0 Å². The van der Waals surface area contributed by atoms with Crippen LogP contribution in [0.2, 0.25) is 5.02 Å². The quantitative estimate of drug-likeness (QED) is 0.897. The lowest BCUT2D eigenvalue weighted by Gasteiger charge is -2.28. The van der Waals surface area contributed by atoms with Crippen molar-refractivity contribution in [2.24, 2.45) is 0 Å². The fourth-order valence-electron chi connectivity index (χ4n) is 2.19. The molecule has 1 N–H and O–H groups in total. The minimum absolute atomic E-state index is 0.0765. The average Bonchev–Trinajstić information content (AvgIpc) is 2.43. The van der Waals surface area contributed by atoms with Crippen LogP contribution in [-0.4, -0.2) is 54.8 Å². The maximum atomic E-state index is 13.7. The van der Waals surface area contributed by atoms with E-state index in [4.69, 9.17) is 11.6 Å². The van der Waals surface area contributed by atoms with E-state index in [1.165, 1.54) is 11.0 Å². The average molecular weight is 314 g/mol. The van der Waals surface area contributed by atoms with Crippen LogP contribution >= 0.6 is 11.6 Å². The number of nitrogens with one attached hydrogen (secondary N) is 1. The van der Waals surface area contributed by atoms with Crippen LogP contribution in [0.4, 0.5) is 4.39 Å². The summed E-state index contributed by atoms with van der Waals surface area (Å²) >= 11 is 5.96. The number of hydrogen-bond acceptors (Lipinski definition) is 3. The van der Waals surface area contributed by atoms with Gasteiger partial charge in [0.25, 0.3) is 0 Å².